The number of hydrogen-bond donors (Lipinski definition) is 0. The number of piperazine rings is 1. The molecule has 2 aliphatic heterocycles. The van der Waals surface area contributed by atoms with Crippen molar-refractivity contribution in [1.29, 1.82) is 0 Å². The Kier molecular flexibility index (Phi) is 7.48. The average molecular weight is 391 g/mol. The lowest BCUT2D eigenvalue weighted by molar-refractivity contribution is -0.138. The van der Waals surface area contributed by atoms with E-state index >= 15 is 0 Å². The second-order valence-corrected chi connectivity index (χ2v) is 8.45. The summed E-state index contributed by atoms with van der Waals surface area (Å²) in [6.45, 7) is 18.4. The predicted octanol–water partition coefficient (Wildman–Crippen LogP) is 1.52. The van der Waals surface area contributed by atoms with Crippen molar-refractivity contribution >= 4 is 5.91 Å². The summed E-state index contributed by atoms with van der Waals surface area (Å²) in [5.41, 5.74) is 0. The Morgan fingerprint density at radius 1 is 1.00 bits per heavy atom. The van der Waals surface area contributed by atoms with E-state index in [4.69, 9.17) is 0 Å². The highest BCUT2D eigenvalue weighted by Crippen LogP contribution is 2.15. The molecule has 158 valence electrons. The number of likely N-dealkylation sites (N-methyl/N-ethyl adjacent to an activating group) is 1. The van der Waals surface area contributed by atoms with E-state index in [0.717, 1.165) is 77.7 Å². The Hall–Kier alpha value is -1.44. The molecule has 0 aromatic carbocycles. The van der Waals surface area contributed by atoms with Crippen molar-refractivity contribution in [2.75, 3.05) is 58.9 Å². The molecule has 0 radical (unpaired) electrons. The molecule has 1 atom stereocenters. The number of imidazole rings is 1. The smallest absolute Gasteiger partial charge is 0.239 e. The standard InChI is InChI=1S/C21H38N6O/c1-5-23-11-15-26(16-12-23)21(28)19(4)25-9-6-8-24(13-14-25)17-20-22-7-10-27(20)18(2)3/h7,10,18-19H,5-6,8-9,11-17H2,1-4H3. The Balaban J connectivity index is 1.51. The van der Waals surface area contributed by atoms with Crippen molar-refractivity contribution in [2.45, 2.75) is 52.7 Å². The number of carbonyl (C=O) groups is 1. The van der Waals surface area contributed by atoms with E-state index in [9.17, 15) is 4.79 Å². The van der Waals surface area contributed by atoms with Gasteiger partial charge in [0.25, 0.3) is 0 Å². The van der Waals surface area contributed by atoms with Crippen LogP contribution in [0.3, 0.4) is 0 Å². The quantitative estimate of drug-likeness (QED) is 0.737. The molecule has 0 N–H and O–H groups in total. The van der Waals surface area contributed by atoms with E-state index in [1.165, 1.54) is 0 Å². The number of amides is 1. The first-order valence-corrected chi connectivity index (χ1v) is 11.0. The van der Waals surface area contributed by atoms with E-state index < -0.39 is 0 Å². The molecule has 1 unspecified atom stereocenters. The van der Waals surface area contributed by atoms with Gasteiger partial charge in [0.15, 0.2) is 0 Å². The normalized spacial score (nSPS) is 21.8. The first kappa shape index (κ1) is 21.3. The Labute approximate surface area is 170 Å². The maximum absolute atomic E-state index is 13.0. The Morgan fingerprint density at radius 2 is 1.71 bits per heavy atom. The van der Waals surface area contributed by atoms with Crippen molar-refractivity contribution in [1.82, 2.24) is 29.2 Å². The molecule has 1 aromatic rings. The maximum Gasteiger partial charge on any atom is 0.239 e. The van der Waals surface area contributed by atoms with Gasteiger partial charge >= 0.3 is 0 Å². The second-order valence-electron chi connectivity index (χ2n) is 8.45. The van der Waals surface area contributed by atoms with E-state index in [2.05, 4.69) is 63.0 Å². The topological polar surface area (TPSA) is 47.9 Å². The summed E-state index contributed by atoms with van der Waals surface area (Å²) in [6, 6.07) is 0.414. The van der Waals surface area contributed by atoms with Crippen molar-refractivity contribution in [3.63, 3.8) is 0 Å². The molecule has 1 amide bonds. The summed E-state index contributed by atoms with van der Waals surface area (Å²) in [4.78, 5) is 26.9. The van der Waals surface area contributed by atoms with Crippen LogP contribution in [0.25, 0.3) is 0 Å². The summed E-state index contributed by atoms with van der Waals surface area (Å²) >= 11 is 0. The van der Waals surface area contributed by atoms with Crippen LogP contribution in [0.5, 0.6) is 0 Å². The molecule has 28 heavy (non-hydrogen) atoms. The van der Waals surface area contributed by atoms with Crippen LogP contribution in [-0.4, -0.2) is 100 Å². The van der Waals surface area contributed by atoms with Gasteiger partial charge in [0.2, 0.25) is 5.91 Å². The lowest BCUT2D eigenvalue weighted by Crippen LogP contribution is -2.54. The van der Waals surface area contributed by atoms with Crippen LogP contribution in [0.1, 0.15) is 46.0 Å². The van der Waals surface area contributed by atoms with Crippen LogP contribution >= 0.6 is 0 Å². The van der Waals surface area contributed by atoms with Crippen molar-refractivity contribution in [3.05, 3.63) is 18.2 Å². The third kappa shape index (κ3) is 5.13. The molecule has 3 rings (SSSR count). The lowest BCUT2D eigenvalue weighted by atomic mass is 10.2. The van der Waals surface area contributed by atoms with E-state index in [-0.39, 0.29) is 6.04 Å². The predicted molar refractivity (Wildman–Crippen MR) is 112 cm³/mol. The highest BCUT2D eigenvalue weighted by molar-refractivity contribution is 5.81. The third-order valence-electron chi connectivity index (χ3n) is 6.33. The number of rotatable bonds is 6. The van der Waals surface area contributed by atoms with Crippen LogP contribution in [0.2, 0.25) is 0 Å². The van der Waals surface area contributed by atoms with Gasteiger partial charge in [0.1, 0.15) is 5.82 Å². The molecular weight excluding hydrogens is 352 g/mol. The van der Waals surface area contributed by atoms with Gasteiger partial charge in [0.05, 0.1) is 12.6 Å². The van der Waals surface area contributed by atoms with Gasteiger partial charge in [-0.05, 0) is 40.3 Å². The zero-order chi connectivity index (χ0) is 20.1. The molecule has 0 bridgehead atoms. The zero-order valence-electron chi connectivity index (χ0n) is 18.2. The molecule has 1 aromatic heterocycles. The highest BCUT2D eigenvalue weighted by atomic mass is 16.2. The van der Waals surface area contributed by atoms with Crippen molar-refractivity contribution in [2.24, 2.45) is 0 Å². The van der Waals surface area contributed by atoms with Gasteiger partial charge in [-0.2, -0.15) is 0 Å². The van der Waals surface area contributed by atoms with Gasteiger partial charge in [0, 0.05) is 64.2 Å². The molecule has 3 heterocycles. The average Bonchev–Trinajstić information content (AvgIpc) is 3.05. The number of nitrogens with zero attached hydrogens (tertiary/aromatic N) is 6. The summed E-state index contributed by atoms with van der Waals surface area (Å²) in [6.07, 6.45) is 5.07. The minimum Gasteiger partial charge on any atom is -0.339 e. The first-order valence-electron chi connectivity index (χ1n) is 11.0. The summed E-state index contributed by atoms with van der Waals surface area (Å²) in [5.74, 6) is 1.45. The summed E-state index contributed by atoms with van der Waals surface area (Å²) < 4.78 is 2.25. The molecule has 0 aliphatic carbocycles. The third-order valence-corrected chi connectivity index (χ3v) is 6.33. The van der Waals surface area contributed by atoms with E-state index in [1.807, 2.05) is 6.20 Å². The molecular formula is C21H38N6O. The van der Waals surface area contributed by atoms with Gasteiger partial charge in [-0.3, -0.25) is 14.6 Å². The molecule has 7 nitrogen and oxygen atoms in total. The summed E-state index contributed by atoms with van der Waals surface area (Å²) in [5, 5.41) is 0. The van der Waals surface area contributed by atoms with Crippen LogP contribution < -0.4 is 0 Å². The molecule has 0 saturated carbocycles. The maximum atomic E-state index is 13.0. The zero-order valence-corrected chi connectivity index (χ0v) is 18.2. The lowest BCUT2D eigenvalue weighted by Gasteiger charge is -2.37. The number of hydrogen-bond acceptors (Lipinski definition) is 5. The van der Waals surface area contributed by atoms with Crippen molar-refractivity contribution < 1.29 is 4.79 Å². The largest absolute Gasteiger partial charge is 0.339 e. The SMILES string of the molecule is CCN1CCN(C(=O)C(C)N2CCCN(Cc3nccn3C(C)C)CC2)CC1. The highest BCUT2D eigenvalue weighted by Gasteiger charge is 2.29. The monoisotopic (exact) mass is 390 g/mol. The van der Waals surface area contributed by atoms with Crippen LogP contribution in [-0.2, 0) is 11.3 Å². The van der Waals surface area contributed by atoms with Gasteiger partial charge in [-0.25, -0.2) is 4.98 Å². The van der Waals surface area contributed by atoms with Gasteiger partial charge < -0.3 is 14.4 Å². The van der Waals surface area contributed by atoms with Crippen LogP contribution in [0.15, 0.2) is 12.4 Å². The second kappa shape index (κ2) is 9.85. The minimum absolute atomic E-state index is 0.0224. The summed E-state index contributed by atoms with van der Waals surface area (Å²) in [7, 11) is 0. The fourth-order valence-electron chi connectivity index (χ4n) is 4.38. The van der Waals surface area contributed by atoms with Crippen LogP contribution in [0.4, 0.5) is 0 Å². The van der Waals surface area contributed by atoms with Gasteiger partial charge in [-0.15, -0.1) is 0 Å². The minimum atomic E-state index is -0.0224. The molecule has 7 heteroatoms. The fraction of sp³-hybridized carbons (Fsp3) is 0.810. The molecule has 2 fully saturated rings. The Morgan fingerprint density at radius 3 is 2.39 bits per heavy atom. The molecule has 2 saturated heterocycles. The fourth-order valence-corrected chi connectivity index (χ4v) is 4.38. The number of carbonyl (C=O) groups excluding carboxylic acids is 1. The number of aromatic nitrogens is 2. The molecule has 2 aliphatic rings. The van der Waals surface area contributed by atoms with Gasteiger partial charge in [-0.1, -0.05) is 6.92 Å². The van der Waals surface area contributed by atoms with E-state index in [0.29, 0.717) is 11.9 Å². The molecule has 0 spiro atoms. The van der Waals surface area contributed by atoms with E-state index in [1.54, 1.807) is 0 Å². The Bertz CT molecular complexity index is 622. The van der Waals surface area contributed by atoms with Crippen LogP contribution in [0, 0.1) is 0 Å². The van der Waals surface area contributed by atoms with Crippen molar-refractivity contribution in [3.8, 4) is 0 Å². The first-order chi connectivity index (χ1) is 13.5.